The lowest BCUT2D eigenvalue weighted by Crippen LogP contribution is -2.19. The van der Waals surface area contributed by atoms with Crippen molar-refractivity contribution in [2.45, 2.75) is 26.9 Å². The van der Waals surface area contributed by atoms with E-state index in [0.29, 0.717) is 25.7 Å². The molecule has 0 aliphatic heterocycles. The molecule has 0 bridgehead atoms. The van der Waals surface area contributed by atoms with Gasteiger partial charge in [0.05, 0.1) is 32.1 Å². The van der Waals surface area contributed by atoms with Gasteiger partial charge in [0, 0.05) is 19.9 Å². The van der Waals surface area contributed by atoms with Crippen LogP contribution in [0.25, 0.3) is 0 Å². The predicted molar refractivity (Wildman–Crippen MR) is 69.3 cm³/mol. The second kappa shape index (κ2) is 9.02. The van der Waals surface area contributed by atoms with E-state index in [1.165, 1.54) is 0 Å². The van der Waals surface area contributed by atoms with Crippen molar-refractivity contribution < 1.29 is 9.47 Å². The van der Waals surface area contributed by atoms with E-state index >= 15 is 0 Å². The van der Waals surface area contributed by atoms with Crippen molar-refractivity contribution in [2.24, 2.45) is 5.92 Å². The summed E-state index contributed by atoms with van der Waals surface area (Å²) in [5, 5.41) is 11.5. The van der Waals surface area contributed by atoms with E-state index in [-0.39, 0.29) is 0 Å². The highest BCUT2D eigenvalue weighted by Crippen LogP contribution is 1.94. The Morgan fingerprint density at radius 3 is 2.89 bits per heavy atom. The average Bonchev–Trinajstić information content (AvgIpc) is 2.76. The van der Waals surface area contributed by atoms with Crippen LogP contribution in [0.5, 0.6) is 0 Å². The monoisotopic (exact) mass is 256 g/mol. The molecule has 1 aromatic rings. The third-order valence-electron chi connectivity index (χ3n) is 2.34. The van der Waals surface area contributed by atoms with Crippen molar-refractivity contribution in [2.75, 3.05) is 33.5 Å². The van der Waals surface area contributed by atoms with Gasteiger partial charge in [-0.2, -0.15) is 0 Å². The van der Waals surface area contributed by atoms with Crippen LogP contribution in [0.15, 0.2) is 6.20 Å². The van der Waals surface area contributed by atoms with Crippen LogP contribution in [0.4, 0.5) is 0 Å². The van der Waals surface area contributed by atoms with Gasteiger partial charge in [-0.1, -0.05) is 19.1 Å². The first kappa shape index (κ1) is 15.1. The van der Waals surface area contributed by atoms with Crippen LogP contribution < -0.4 is 5.32 Å². The molecule has 0 saturated heterocycles. The van der Waals surface area contributed by atoms with Gasteiger partial charge >= 0.3 is 0 Å². The lowest BCUT2D eigenvalue weighted by Gasteiger charge is -2.04. The van der Waals surface area contributed by atoms with Crippen molar-refractivity contribution in [1.29, 1.82) is 0 Å². The smallest absolute Gasteiger partial charge is 0.0964 e. The van der Waals surface area contributed by atoms with Crippen LogP contribution in [0.1, 0.15) is 19.5 Å². The number of ether oxygens (including phenoxy) is 2. The largest absolute Gasteiger partial charge is 0.382 e. The lowest BCUT2D eigenvalue weighted by molar-refractivity contribution is 0.0652. The van der Waals surface area contributed by atoms with Gasteiger partial charge in [0.1, 0.15) is 0 Å². The Bertz CT molecular complexity index is 315. The minimum absolute atomic E-state index is 0.619. The molecule has 0 spiro atoms. The Kier molecular flexibility index (Phi) is 7.55. The average molecular weight is 256 g/mol. The fraction of sp³-hybridized carbons (Fsp3) is 0.833. The van der Waals surface area contributed by atoms with E-state index in [1.807, 2.05) is 6.20 Å². The van der Waals surface area contributed by atoms with E-state index in [0.717, 1.165) is 25.3 Å². The van der Waals surface area contributed by atoms with Crippen molar-refractivity contribution in [3.05, 3.63) is 11.9 Å². The van der Waals surface area contributed by atoms with Gasteiger partial charge in [-0.15, -0.1) is 5.10 Å². The molecule has 0 aromatic carbocycles. The molecule has 1 aromatic heterocycles. The summed E-state index contributed by atoms with van der Waals surface area (Å²) in [6.07, 6.45) is 1.95. The topological polar surface area (TPSA) is 61.2 Å². The summed E-state index contributed by atoms with van der Waals surface area (Å²) >= 11 is 0. The minimum Gasteiger partial charge on any atom is -0.382 e. The zero-order chi connectivity index (χ0) is 13.2. The molecule has 104 valence electrons. The fourth-order valence-corrected chi connectivity index (χ4v) is 1.42. The fourth-order valence-electron chi connectivity index (χ4n) is 1.42. The summed E-state index contributed by atoms with van der Waals surface area (Å²) in [6, 6.07) is 0. The van der Waals surface area contributed by atoms with Gasteiger partial charge in [-0.05, 0) is 12.5 Å². The van der Waals surface area contributed by atoms with Crippen molar-refractivity contribution in [3.8, 4) is 0 Å². The number of nitrogens with zero attached hydrogens (tertiary/aromatic N) is 3. The number of hydrogen-bond donors (Lipinski definition) is 1. The number of hydrogen-bond acceptors (Lipinski definition) is 5. The minimum atomic E-state index is 0.619. The van der Waals surface area contributed by atoms with Gasteiger partial charge in [-0.3, -0.25) is 0 Å². The Morgan fingerprint density at radius 2 is 2.17 bits per heavy atom. The zero-order valence-electron chi connectivity index (χ0n) is 11.6. The number of aromatic nitrogens is 3. The van der Waals surface area contributed by atoms with Gasteiger partial charge in [0.15, 0.2) is 0 Å². The highest BCUT2D eigenvalue weighted by Gasteiger charge is 2.01. The van der Waals surface area contributed by atoms with Crippen molar-refractivity contribution in [3.63, 3.8) is 0 Å². The molecule has 1 rings (SSSR count). The molecular formula is C12H24N4O2. The molecule has 0 radical (unpaired) electrons. The summed E-state index contributed by atoms with van der Waals surface area (Å²) in [6.45, 7) is 8.72. The predicted octanol–water partition coefficient (Wildman–Crippen LogP) is 0.687. The van der Waals surface area contributed by atoms with Crippen molar-refractivity contribution in [1.82, 2.24) is 20.3 Å². The summed E-state index contributed by atoms with van der Waals surface area (Å²) in [7, 11) is 1.66. The third-order valence-corrected chi connectivity index (χ3v) is 2.34. The Morgan fingerprint density at radius 1 is 1.33 bits per heavy atom. The summed E-state index contributed by atoms with van der Waals surface area (Å²) in [4.78, 5) is 0. The van der Waals surface area contributed by atoms with Crippen LogP contribution in [-0.4, -0.2) is 48.5 Å². The van der Waals surface area contributed by atoms with E-state index in [2.05, 4.69) is 29.5 Å². The van der Waals surface area contributed by atoms with Gasteiger partial charge in [-0.25, -0.2) is 4.68 Å². The normalized spacial score (nSPS) is 11.3. The van der Waals surface area contributed by atoms with Gasteiger partial charge in [0.25, 0.3) is 0 Å². The molecule has 0 aliphatic carbocycles. The van der Waals surface area contributed by atoms with Crippen LogP contribution in [0.2, 0.25) is 0 Å². The van der Waals surface area contributed by atoms with E-state index in [1.54, 1.807) is 11.8 Å². The Balaban J connectivity index is 2.13. The molecule has 0 atom stereocenters. The van der Waals surface area contributed by atoms with Gasteiger partial charge < -0.3 is 14.8 Å². The maximum atomic E-state index is 5.37. The maximum absolute atomic E-state index is 5.37. The van der Waals surface area contributed by atoms with E-state index in [9.17, 15) is 0 Å². The standard InChI is InChI=1S/C12H24N4O2/c1-11(2)8-13-9-12-10-16(15-14-12)4-5-18-7-6-17-3/h10-11,13H,4-9H2,1-3H3. The molecule has 6 heteroatoms. The molecule has 18 heavy (non-hydrogen) atoms. The molecular weight excluding hydrogens is 232 g/mol. The van der Waals surface area contributed by atoms with Crippen LogP contribution in [-0.2, 0) is 22.6 Å². The quantitative estimate of drug-likeness (QED) is 0.624. The second-order valence-corrected chi connectivity index (χ2v) is 4.60. The first-order valence-electron chi connectivity index (χ1n) is 6.38. The zero-order valence-corrected chi connectivity index (χ0v) is 11.6. The third kappa shape index (κ3) is 6.68. The molecule has 0 aliphatic rings. The van der Waals surface area contributed by atoms with Gasteiger partial charge in [0.2, 0.25) is 0 Å². The molecule has 6 nitrogen and oxygen atoms in total. The first-order chi connectivity index (χ1) is 8.72. The molecule has 1 heterocycles. The Labute approximate surface area is 109 Å². The first-order valence-corrected chi connectivity index (χ1v) is 6.38. The summed E-state index contributed by atoms with van der Waals surface area (Å²) < 4.78 is 12.1. The molecule has 1 N–H and O–H groups in total. The molecule has 0 fully saturated rings. The molecule has 0 amide bonds. The molecule has 0 saturated carbocycles. The van der Waals surface area contributed by atoms with Crippen LogP contribution in [0.3, 0.4) is 0 Å². The van der Waals surface area contributed by atoms with E-state index < -0.39 is 0 Å². The number of methoxy groups -OCH3 is 1. The second-order valence-electron chi connectivity index (χ2n) is 4.60. The highest BCUT2D eigenvalue weighted by molar-refractivity contribution is 4.91. The number of nitrogens with one attached hydrogen (secondary N) is 1. The van der Waals surface area contributed by atoms with Crippen LogP contribution in [0, 0.1) is 5.92 Å². The maximum Gasteiger partial charge on any atom is 0.0964 e. The van der Waals surface area contributed by atoms with E-state index in [4.69, 9.17) is 9.47 Å². The Hall–Kier alpha value is -0.980. The van der Waals surface area contributed by atoms with Crippen LogP contribution >= 0.6 is 0 Å². The highest BCUT2D eigenvalue weighted by atomic mass is 16.5. The summed E-state index contributed by atoms with van der Waals surface area (Å²) in [5.41, 5.74) is 0.965. The molecule has 0 unspecified atom stereocenters. The van der Waals surface area contributed by atoms with Crippen molar-refractivity contribution >= 4 is 0 Å². The number of rotatable bonds is 10. The lowest BCUT2D eigenvalue weighted by atomic mass is 10.2. The SMILES string of the molecule is COCCOCCn1cc(CNCC(C)C)nn1. The summed E-state index contributed by atoms with van der Waals surface area (Å²) in [5.74, 6) is 0.647.